The lowest BCUT2D eigenvalue weighted by Gasteiger charge is -2.24. The fraction of sp³-hybridized carbons (Fsp3) is 0.286. The predicted molar refractivity (Wildman–Crippen MR) is 111 cm³/mol. The number of anilines is 2. The first-order chi connectivity index (χ1) is 13.6. The SMILES string of the molecule is COc1cccc(-c2cc(=O)c3cc(Cl)cc(NC4CCOCC4)c3o2)c1N. The van der Waals surface area contributed by atoms with Crippen LogP contribution in [-0.2, 0) is 4.74 Å². The van der Waals surface area contributed by atoms with Crippen LogP contribution in [0.1, 0.15) is 12.8 Å². The molecule has 0 bridgehead atoms. The van der Waals surface area contributed by atoms with Crippen LogP contribution in [0.4, 0.5) is 11.4 Å². The fourth-order valence-corrected chi connectivity index (χ4v) is 3.68. The fourth-order valence-electron chi connectivity index (χ4n) is 3.46. The normalized spacial score (nSPS) is 14.9. The Morgan fingerprint density at radius 1 is 1.21 bits per heavy atom. The molecule has 3 aromatic rings. The first kappa shape index (κ1) is 18.7. The zero-order chi connectivity index (χ0) is 19.7. The molecule has 2 aromatic carbocycles. The average Bonchev–Trinajstić information content (AvgIpc) is 2.69. The molecule has 3 N–H and O–H groups in total. The van der Waals surface area contributed by atoms with Crippen molar-refractivity contribution in [1.82, 2.24) is 0 Å². The Kier molecular flexibility index (Phi) is 5.15. The van der Waals surface area contributed by atoms with Gasteiger partial charge >= 0.3 is 0 Å². The van der Waals surface area contributed by atoms with E-state index >= 15 is 0 Å². The van der Waals surface area contributed by atoms with Crippen molar-refractivity contribution in [3.63, 3.8) is 0 Å². The molecule has 1 aliphatic rings. The lowest BCUT2D eigenvalue weighted by molar-refractivity contribution is 0.0904. The Balaban J connectivity index is 1.86. The summed E-state index contributed by atoms with van der Waals surface area (Å²) in [6.07, 6.45) is 1.75. The summed E-state index contributed by atoms with van der Waals surface area (Å²) in [6, 6.07) is 10.4. The standard InChI is InChI=1S/C21H21ClN2O4/c1-26-18-4-2-3-14(20(18)23)19-11-17(25)15-9-12(22)10-16(21(15)28-19)24-13-5-7-27-8-6-13/h2-4,9-11,13,24H,5-8,23H2,1H3. The number of fused-ring (bicyclic) bond motifs is 1. The van der Waals surface area contributed by atoms with Gasteiger partial charge in [0.2, 0.25) is 0 Å². The molecule has 0 amide bonds. The lowest BCUT2D eigenvalue weighted by Crippen LogP contribution is -2.28. The maximum Gasteiger partial charge on any atom is 0.193 e. The first-order valence-electron chi connectivity index (χ1n) is 9.11. The molecule has 0 spiro atoms. The van der Waals surface area contributed by atoms with Crippen LogP contribution in [-0.4, -0.2) is 26.4 Å². The van der Waals surface area contributed by atoms with E-state index in [2.05, 4.69) is 5.32 Å². The molecule has 1 aliphatic heterocycles. The molecule has 0 aliphatic carbocycles. The summed E-state index contributed by atoms with van der Waals surface area (Å²) in [5.41, 5.74) is 8.18. The van der Waals surface area contributed by atoms with Gasteiger partial charge in [0.25, 0.3) is 0 Å². The van der Waals surface area contributed by atoms with Gasteiger partial charge in [-0.15, -0.1) is 0 Å². The van der Waals surface area contributed by atoms with Crippen LogP contribution in [0.25, 0.3) is 22.3 Å². The minimum atomic E-state index is -0.184. The Labute approximate surface area is 167 Å². The third-order valence-corrected chi connectivity index (χ3v) is 5.14. The molecular weight excluding hydrogens is 380 g/mol. The second-order valence-electron chi connectivity index (χ2n) is 6.76. The highest BCUT2D eigenvalue weighted by Crippen LogP contribution is 2.36. The van der Waals surface area contributed by atoms with Gasteiger partial charge < -0.3 is 24.9 Å². The summed E-state index contributed by atoms with van der Waals surface area (Å²) in [5, 5.41) is 4.35. The highest BCUT2D eigenvalue weighted by atomic mass is 35.5. The zero-order valence-corrected chi connectivity index (χ0v) is 16.2. The molecule has 1 aromatic heterocycles. The quantitative estimate of drug-likeness (QED) is 0.635. The maximum absolute atomic E-state index is 12.8. The third-order valence-electron chi connectivity index (χ3n) is 4.93. The van der Waals surface area contributed by atoms with Crippen molar-refractivity contribution in [2.24, 2.45) is 0 Å². The molecule has 0 saturated carbocycles. The molecular formula is C21H21ClN2O4. The summed E-state index contributed by atoms with van der Waals surface area (Å²) in [6.45, 7) is 1.40. The lowest BCUT2D eigenvalue weighted by atomic mass is 10.1. The van der Waals surface area contributed by atoms with Gasteiger partial charge in [-0.2, -0.15) is 0 Å². The number of rotatable bonds is 4. The Bertz CT molecular complexity index is 1070. The van der Waals surface area contributed by atoms with Crippen molar-refractivity contribution >= 4 is 33.9 Å². The molecule has 0 radical (unpaired) electrons. The van der Waals surface area contributed by atoms with Gasteiger partial charge in [-0.05, 0) is 37.1 Å². The van der Waals surface area contributed by atoms with Crippen LogP contribution in [0.5, 0.6) is 5.75 Å². The predicted octanol–water partition coefficient (Wildman–Crippen LogP) is 4.30. The molecule has 0 atom stereocenters. The van der Waals surface area contributed by atoms with Gasteiger partial charge in [-0.25, -0.2) is 0 Å². The number of ether oxygens (including phenoxy) is 2. The molecule has 146 valence electrons. The second-order valence-corrected chi connectivity index (χ2v) is 7.19. The van der Waals surface area contributed by atoms with Gasteiger partial charge in [-0.3, -0.25) is 4.79 Å². The monoisotopic (exact) mass is 400 g/mol. The van der Waals surface area contributed by atoms with Crippen LogP contribution < -0.4 is 21.2 Å². The van der Waals surface area contributed by atoms with E-state index in [4.69, 9.17) is 31.2 Å². The Morgan fingerprint density at radius 3 is 2.75 bits per heavy atom. The van der Waals surface area contributed by atoms with E-state index in [1.807, 2.05) is 0 Å². The van der Waals surface area contributed by atoms with E-state index in [0.717, 1.165) is 12.8 Å². The molecule has 2 heterocycles. The first-order valence-corrected chi connectivity index (χ1v) is 9.49. The van der Waals surface area contributed by atoms with Crippen molar-refractivity contribution < 1.29 is 13.9 Å². The summed E-state index contributed by atoms with van der Waals surface area (Å²) in [7, 11) is 1.55. The molecule has 28 heavy (non-hydrogen) atoms. The van der Waals surface area contributed by atoms with Crippen molar-refractivity contribution in [2.75, 3.05) is 31.4 Å². The zero-order valence-electron chi connectivity index (χ0n) is 15.5. The molecule has 1 fully saturated rings. The van der Waals surface area contributed by atoms with Crippen molar-refractivity contribution in [1.29, 1.82) is 0 Å². The number of nitrogen functional groups attached to an aromatic ring is 1. The van der Waals surface area contributed by atoms with E-state index in [9.17, 15) is 4.79 Å². The molecule has 4 rings (SSSR count). The third kappa shape index (κ3) is 3.53. The number of hydrogen-bond donors (Lipinski definition) is 2. The molecule has 1 saturated heterocycles. The Hall–Kier alpha value is -2.70. The van der Waals surface area contributed by atoms with Gasteiger partial charge in [0.05, 0.1) is 23.9 Å². The van der Waals surface area contributed by atoms with E-state index in [1.165, 1.54) is 6.07 Å². The minimum absolute atomic E-state index is 0.184. The number of methoxy groups -OCH3 is 1. The summed E-state index contributed by atoms with van der Waals surface area (Å²) < 4.78 is 16.8. The summed E-state index contributed by atoms with van der Waals surface area (Å²) in [4.78, 5) is 12.8. The van der Waals surface area contributed by atoms with E-state index < -0.39 is 0 Å². The number of halogens is 1. The maximum atomic E-state index is 12.8. The van der Waals surface area contributed by atoms with Gasteiger partial charge in [0, 0.05) is 35.9 Å². The largest absolute Gasteiger partial charge is 0.495 e. The van der Waals surface area contributed by atoms with Crippen LogP contribution in [0.2, 0.25) is 5.02 Å². The van der Waals surface area contributed by atoms with Crippen LogP contribution >= 0.6 is 11.6 Å². The second kappa shape index (κ2) is 7.73. The number of benzene rings is 2. The number of para-hydroxylation sites is 1. The summed E-state index contributed by atoms with van der Waals surface area (Å²) in [5.74, 6) is 0.906. The van der Waals surface area contributed by atoms with Crippen molar-refractivity contribution in [2.45, 2.75) is 18.9 Å². The number of nitrogens with two attached hydrogens (primary N) is 1. The average molecular weight is 401 g/mol. The van der Waals surface area contributed by atoms with Crippen molar-refractivity contribution in [3.05, 3.63) is 51.6 Å². The number of nitrogens with one attached hydrogen (secondary N) is 1. The minimum Gasteiger partial charge on any atom is -0.495 e. The van der Waals surface area contributed by atoms with Gasteiger partial charge in [0.1, 0.15) is 11.5 Å². The van der Waals surface area contributed by atoms with Crippen molar-refractivity contribution in [3.8, 4) is 17.1 Å². The molecule has 6 nitrogen and oxygen atoms in total. The summed E-state index contributed by atoms with van der Waals surface area (Å²) >= 11 is 6.25. The van der Waals surface area contributed by atoms with Crippen LogP contribution in [0, 0.1) is 0 Å². The Morgan fingerprint density at radius 2 is 2.00 bits per heavy atom. The smallest absolute Gasteiger partial charge is 0.193 e. The topological polar surface area (TPSA) is 86.7 Å². The van der Waals surface area contributed by atoms with E-state index in [0.29, 0.717) is 57.7 Å². The van der Waals surface area contributed by atoms with Crippen LogP contribution in [0.3, 0.4) is 0 Å². The van der Waals surface area contributed by atoms with Crippen LogP contribution in [0.15, 0.2) is 45.6 Å². The number of hydrogen-bond acceptors (Lipinski definition) is 6. The van der Waals surface area contributed by atoms with Gasteiger partial charge in [0.15, 0.2) is 11.0 Å². The highest BCUT2D eigenvalue weighted by Gasteiger charge is 2.19. The highest BCUT2D eigenvalue weighted by molar-refractivity contribution is 6.31. The van der Waals surface area contributed by atoms with E-state index in [1.54, 1.807) is 37.4 Å². The molecule has 7 heteroatoms. The van der Waals surface area contributed by atoms with Gasteiger partial charge in [-0.1, -0.05) is 17.7 Å². The van der Waals surface area contributed by atoms with E-state index in [-0.39, 0.29) is 11.5 Å². The molecule has 0 unspecified atom stereocenters.